The lowest BCUT2D eigenvalue weighted by atomic mass is 10.3. The molecule has 1 heterocycles. The first-order valence-electron chi connectivity index (χ1n) is 6.35. The van der Waals surface area contributed by atoms with Crippen molar-refractivity contribution in [3.63, 3.8) is 0 Å². The maximum Gasteiger partial charge on any atom is 0.234 e. The van der Waals surface area contributed by atoms with E-state index in [9.17, 15) is 9.18 Å². The van der Waals surface area contributed by atoms with Gasteiger partial charge >= 0.3 is 0 Å². The Morgan fingerprint density at radius 1 is 1.32 bits per heavy atom. The van der Waals surface area contributed by atoms with E-state index in [0.717, 1.165) is 14.6 Å². The summed E-state index contributed by atoms with van der Waals surface area (Å²) in [6, 6.07) is 12.0. The summed E-state index contributed by atoms with van der Waals surface area (Å²) in [5.41, 5.74) is 1.31. The zero-order valence-corrected chi connectivity index (χ0v) is 13.6. The summed E-state index contributed by atoms with van der Waals surface area (Å²) >= 11 is 8.50. The van der Waals surface area contributed by atoms with Crippen LogP contribution in [0.1, 0.15) is 0 Å². The van der Waals surface area contributed by atoms with Crippen molar-refractivity contribution < 1.29 is 9.18 Å². The molecule has 3 rings (SSSR count). The lowest BCUT2D eigenvalue weighted by molar-refractivity contribution is -0.113. The molecule has 0 saturated heterocycles. The van der Waals surface area contributed by atoms with Crippen LogP contribution in [-0.4, -0.2) is 16.6 Å². The number of carbonyl (C=O) groups is 1. The highest BCUT2D eigenvalue weighted by atomic mass is 35.5. The van der Waals surface area contributed by atoms with Crippen LogP contribution >= 0.6 is 34.7 Å². The molecule has 0 unspecified atom stereocenters. The molecule has 112 valence electrons. The van der Waals surface area contributed by atoms with E-state index in [4.69, 9.17) is 11.6 Å². The van der Waals surface area contributed by atoms with E-state index in [-0.39, 0.29) is 16.7 Å². The number of nitrogens with one attached hydrogen (secondary N) is 1. The van der Waals surface area contributed by atoms with E-state index in [1.165, 1.54) is 23.9 Å². The number of amides is 1. The minimum Gasteiger partial charge on any atom is -0.325 e. The van der Waals surface area contributed by atoms with Crippen molar-refractivity contribution >= 4 is 56.5 Å². The Kier molecular flexibility index (Phi) is 4.61. The van der Waals surface area contributed by atoms with E-state index in [1.54, 1.807) is 17.4 Å². The van der Waals surface area contributed by atoms with E-state index in [1.807, 2.05) is 24.3 Å². The second kappa shape index (κ2) is 6.64. The normalized spacial score (nSPS) is 10.8. The van der Waals surface area contributed by atoms with Crippen LogP contribution in [0.4, 0.5) is 10.1 Å². The number of rotatable bonds is 4. The quantitative estimate of drug-likeness (QED) is 0.684. The Balaban J connectivity index is 1.60. The molecule has 1 N–H and O–H groups in total. The van der Waals surface area contributed by atoms with Crippen LogP contribution in [0.25, 0.3) is 10.2 Å². The molecular weight excluding hydrogens is 343 g/mol. The topological polar surface area (TPSA) is 42.0 Å². The molecule has 3 nitrogen and oxygen atoms in total. The van der Waals surface area contributed by atoms with Gasteiger partial charge < -0.3 is 5.32 Å². The number of hydrogen-bond donors (Lipinski definition) is 1. The Hall–Kier alpha value is -1.63. The van der Waals surface area contributed by atoms with Gasteiger partial charge in [0, 0.05) is 5.69 Å². The number of nitrogens with zero attached hydrogens (tertiary/aromatic N) is 1. The number of hydrogen-bond acceptors (Lipinski definition) is 4. The van der Waals surface area contributed by atoms with Gasteiger partial charge in [-0.1, -0.05) is 35.5 Å². The summed E-state index contributed by atoms with van der Waals surface area (Å²) in [7, 11) is 0. The molecule has 0 atom stereocenters. The minimum atomic E-state index is -0.557. The van der Waals surface area contributed by atoms with Crippen LogP contribution in [0.15, 0.2) is 46.8 Å². The molecule has 7 heteroatoms. The van der Waals surface area contributed by atoms with Gasteiger partial charge in [-0.15, -0.1) is 11.3 Å². The van der Waals surface area contributed by atoms with Crippen LogP contribution in [0.2, 0.25) is 5.02 Å². The highest BCUT2D eigenvalue weighted by Gasteiger charge is 2.09. The van der Waals surface area contributed by atoms with Gasteiger partial charge in [0.05, 0.1) is 21.0 Å². The van der Waals surface area contributed by atoms with E-state index < -0.39 is 5.82 Å². The SMILES string of the molecule is O=C(CSc1nc2ccccc2s1)Nc1ccc(Cl)c(F)c1. The number of halogens is 2. The van der Waals surface area contributed by atoms with Gasteiger partial charge in [-0.25, -0.2) is 9.37 Å². The zero-order chi connectivity index (χ0) is 15.5. The molecule has 0 spiro atoms. The van der Waals surface area contributed by atoms with Crippen LogP contribution in [0.3, 0.4) is 0 Å². The lowest BCUT2D eigenvalue weighted by Gasteiger charge is -2.04. The maximum absolute atomic E-state index is 13.3. The third kappa shape index (κ3) is 3.58. The molecule has 0 saturated carbocycles. The highest BCUT2D eigenvalue weighted by molar-refractivity contribution is 8.01. The molecule has 1 amide bonds. The highest BCUT2D eigenvalue weighted by Crippen LogP contribution is 2.29. The summed E-state index contributed by atoms with van der Waals surface area (Å²) in [5.74, 6) is -0.561. The fraction of sp³-hybridized carbons (Fsp3) is 0.0667. The number of benzene rings is 2. The number of thiazole rings is 1. The Labute approximate surface area is 139 Å². The fourth-order valence-corrected chi connectivity index (χ4v) is 3.80. The van der Waals surface area contributed by atoms with Gasteiger partial charge in [-0.2, -0.15) is 0 Å². The maximum atomic E-state index is 13.3. The van der Waals surface area contributed by atoms with Crippen molar-refractivity contribution in [3.05, 3.63) is 53.3 Å². The van der Waals surface area contributed by atoms with Gasteiger partial charge in [0.2, 0.25) is 5.91 Å². The average molecular weight is 353 g/mol. The van der Waals surface area contributed by atoms with Crippen molar-refractivity contribution in [2.75, 3.05) is 11.1 Å². The average Bonchev–Trinajstić information content (AvgIpc) is 2.92. The molecule has 0 aliphatic rings. The van der Waals surface area contributed by atoms with Crippen LogP contribution in [0.5, 0.6) is 0 Å². The van der Waals surface area contributed by atoms with Crippen molar-refractivity contribution in [3.8, 4) is 0 Å². The van der Waals surface area contributed by atoms with Crippen molar-refractivity contribution in [1.82, 2.24) is 4.98 Å². The third-order valence-corrected chi connectivity index (χ3v) is 5.29. The number of carbonyl (C=O) groups excluding carboxylic acids is 1. The van der Waals surface area contributed by atoms with E-state index in [2.05, 4.69) is 10.3 Å². The molecule has 2 aromatic carbocycles. The largest absolute Gasteiger partial charge is 0.325 e. The van der Waals surface area contributed by atoms with Crippen LogP contribution < -0.4 is 5.32 Å². The molecular formula is C15H10ClFN2OS2. The smallest absolute Gasteiger partial charge is 0.234 e. The van der Waals surface area contributed by atoms with Crippen molar-refractivity contribution in [2.45, 2.75) is 4.34 Å². The molecule has 1 aromatic heterocycles. The van der Waals surface area contributed by atoms with E-state index in [0.29, 0.717) is 5.69 Å². The molecule has 0 aliphatic heterocycles. The number of para-hydroxylation sites is 1. The molecule has 0 fully saturated rings. The molecule has 0 aliphatic carbocycles. The first-order valence-corrected chi connectivity index (χ1v) is 8.53. The monoisotopic (exact) mass is 352 g/mol. The predicted molar refractivity (Wildman–Crippen MR) is 90.4 cm³/mol. The van der Waals surface area contributed by atoms with E-state index >= 15 is 0 Å². The molecule has 22 heavy (non-hydrogen) atoms. The molecule has 0 radical (unpaired) electrons. The lowest BCUT2D eigenvalue weighted by Crippen LogP contribution is -2.14. The Bertz CT molecular complexity index is 804. The molecule has 0 bridgehead atoms. The second-order valence-electron chi connectivity index (χ2n) is 4.41. The molecule has 3 aromatic rings. The number of thioether (sulfide) groups is 1. The summed E-state index contributed by atoms with van der Waals surface area (Å²) in [4.78, 5) is 16.3. The number of anilines is 1. The predicted octanol–water partition coefficient (Wildman–Crippen LogP) is 4.82. The Morgan fingerprint density at radius 2 is 2.14 bits per heavy atom. The van der Waals surface area contributed by atoms with Gasteiger partial charge in [-0.3, -0.25) is 4.79 Å². The minimum absolute atomic E-state index is 0.0295. The van der Waals surface area contributed by atoms with Crippen LogP contribution in [-0.2, 0) is 4.79 Å². The van der Waals surface area contributed by atoms with Gasteiger partial charge in [0.15, 0.2) is 4.34 Å². The van der Waals surface area contributed by atoms with Gasteiger partial charge in [-0.05, 0) is 30.3 Å². The fourth-order valence-electron chi connectivity index (χ4n) is 1.81. The first-order chi connectivity index (χ1) is 10.6. The third-order valence-electron chi connectivity index (χ3n) is 2.80. The van der Waals surface area contributed by atoms with Crippen molar-refractivity contribution in [2.24, 2.45) is 0 Å². The number of aromatic nitrogens is 1. The summed E-state index contributed by atoms with van der Waals surface area (Å²) < 4.78 is 15.2. The Morgan fingerprint density at radius 3 is 2.91 bits per heavy atom. The summed E-state index contributed by atoms with van der Waals surface area (Å²) in [5, 5.41) is 2.66. The standard InChI is InChI=1S/C15H10ClFN2OS2/c16-10-6-5-9(7-11(10)17)18-14(20)8-21-15-19-12-3-1-2-4-13(12)22-15/h1-7H,8H2,(H,18,20). The zero-order valence-electron chi connectivity index (χ0n) is 11.2. The van der Waals surface area contributed by atoms with Crippen molar-refractivity contribution in [1.29, 1.82) is 0 Å². The van der Waals surface area contributed by atoms with Gasteiger partial charge in [0.1, 0.15) is 5.82 Å². The second-order valence-corrected chi connectivity index (χ2v) is 7.07. The van der Waals surface area contributed by atoms with Gasteiger partial charge in [0.25, 0.3) is 0 Å². The summed E-state index contributed by atoms with van der Waals surface area (Å²) in [6.07, 6.45) is 0. The summed E-state index contributed by atoms with van der Waals surface area (Å²) in [6.45, 7) is 0. The van der Waals surface area contributed by atoms with Crippen LogP contribution in [0, 0.1) is 5.82 Å². The first kappa shape index (κ1) is 15.3. The number of fused-ring (bicyclic) bond motifs is 1.